The number of hydrogen-bond donors (Lipinski definition) is 1. The maximum absolute atomic E-state index is 5.59. The van der Waals surface area contributed by atoms with E-state index in [0.717, 1.165) is 11.4 Å². The van der Waals surface area contributed by atoms with Crippen molar-refractivity contribution in [1.29, 1.82) is 0 Å². The average Bonchev–Trinajstić information content (AvgIpc) is 2.68. The van der Waals surface area contributed by atoms with E-state index in [4.69, 9.17) is 5.73 Å². The van der Waals surface area contributed by atoms with Crippen molar-refractivity contribution in [2.45, 2.75) is 19.3 Å². The van der Waals surface area contributed by atoms with Crippen molar-refractivity contribution in [3.8, 4) is 0 Å². The summed E-state index contributed by atoms with van der Waals surface area (Å²) in [5.74, 6) is 0.320. The number of nitrogens with zero attached hydrogens (tertiary/aromatic N) is 2. The van der Waals surface area contributed by atoms with Crippen LogP contribution in [-0.2, 0) is 0 Å². The monoisotopic (exact) mass is 219 g/mol. The van der Waals surface area contributed by atoms with Crippen LogP contribution in [0.4, 0.5) is 5.13 Å². The van der Waals surface area contributed by atoms with E-state index in [9.17, 15) is 0 Å². The van der Waals surface area contributed by atoms with Gasteiger partial charge in [-0.25, -0.2) is 0 Å². The zero-order valence-corrected chi connectivity index (χ0v) is 9.37. The van der Waals surface area contributed by atoms with Crippen LogP contribution in [0.5, 0.6) is 0 Å². The number of nitrogens with two attached hydrogens (primary N) is 1. The maximum Gasteiger partial charge on any atom is 0.203 e. The fraction of sp³-hybridized carbons (Fsp3) is 0.273. The summed E-state index contributed by atoms with van der Waals surface area (Å²) < 4.78 is 0. The Morgan fingerprint density at radius 3 is 2.53 bits per heavy atom. The van der Waals surface area contributed by atoms with E-state index in [-0.39, 0.29) is 0 Å². The van der Waals surface area contributed by atoms with Crippen molar-refractivity contribution in [3.05, 3.63) is 40.9 Å². The molecule has 0 bridgehead atoms. The molecule has 2 N–H and O–H groups in total. The highest BCUT2D eigenvalue weighted by Crippen LogP contribution is 2.30. The molecule has 1 aromatic heterocycles. The standard InChI is InChI=1S/C11H13N3S/c1-2-9(8-6-4-3-5-7-8)10-13-14-11(12)15-10/h3-7,9H,2H2,1H3,(H2,12,14)/t9-/m1/s1. The van der Waals surface area contributed by atoms with E-state index in [2.05, 4.69) is 29.3 Å². The zero-order valence-electron chi connectivity index (χ0n) is 8.55. The molecule has 0 saturated carbocycles. The number of anilines is 1. The lowest BCUT2D eigenvalue weighted by atomic mass is 9.97. The van der Waals surface area contributed by atoms with Gasteiger partial charge in [-0.05, 0) is 12.0 Å². The third-order valence-corrected chi connectivity index (χ3v) is 3.23. The third-order valence-electron chi connectivity index (χ3n) is 2.36. The van der Waals surface area contributed by atoms with Gasteiger partial charge in [-0.15, -0.1) is 10.2 Å². The van der Waals surface area contributed by atoms with Crippen molar-refractivity contribution in [3.63, 3.8) is 0 Å². The Morgan fingerprint density at radius 1 is 1.27 bits per heavy atom. The minimum absolute atomic E-state index is 0.320. The summed E-state index contributed by atoms with van der Waals surface area (Å²) in [6.07, 6.45) is 1.01. The summed E-state index contributed by atoms with van der Waals surface area (Å²) in [6, 6.07) is 10.3. The van der Waals surface area contributed by atoms with E-state index in [1.165, 1.54) is 16.9 Å². The van der Waals surface area contributed by atoms with E-state index in [1.54, 1.807) is 0 Å². The largest absolute Gasteiger partial charge is 0.374 e. The second-order valence-corrected chi connectivity index (χ2v) is 4.39. The molecule has 0 unspecified atom stereocenters. The van der Waals surface area contributed by atoms with Crippen LogP contribution in [-0.4, -0.2) is 10.2 Å². The lowest BCUT2D eigenvalue weighted by Gasteiger charge is -2.10. The van der Waals surface area contributed by atoms with Gasteiger partial charge in [0.1, 0.15) is 5.01 Å². The minimum Gasteiger partial charge on any atom is -0.374 e. The Balaban J connectivity index is 2.33. The number of nitrogen functional groups attached to an aromatic ring is 1. The molecule has 0 aliphatic rings. The van der Waals surface area contributed by atoms with E-state index < -0.39 is 0 Å². The fourth-order valence-electron chi connectivity index (χ4n) is 1.63. The van der Waals surface area contributed by atoms with Gasteiger partial charge >= 0.3 is 0 Å². The Labute approximate surface area is 93.0 Å². The van der Waals surface area contributed by atoms with Crippen molar-refractivity contribution >= 4 is 16.5 Å². The van der Waals surface area contributed by atoms with Crippen LogP contribution in [0.1, 0.15) is 29.8 Å². The van der Waals surface area contributed by atoms with Crippen LogP contribution in [0.25, 0.3) is 0 Å². The second kappa shape index (κ2) is 4.40. The van der Waals surface area contributed by atoms with E-state index in [1.807, 2.05) is 18.2 Å². The fourth-order valence-corrected chi connectivity index (χ4v) is 2.45. The average molecular weight is 219 g/mol. The van der Waals surface area contributed by atoms with Crippen molar-refractivity contribution in [2.24, 2.45) is 0 Å². The molecular formula is C11H13N3S. The van der Waals surface area contributed by atoms with Crippen LogP contribution in [0, 0.1) is 0 Å². The number of rotatable bonds is 3. The van der Waals surface area contributed by atoms with Crippen LogP contribution < -0.4 is 5.73 Å². The molecule has 0 saturated heterocycles. The van der Waals surface area contributed by atoms with Gasteiger partial charge in [0.25, 0.3) is 0 Å². The molecule has 1 heterocycles. The molecule has 1 atom stereocenters. The SMILES string of the molecule is CC[C@H](c1ccccc1)c1nnc(N)s1. The molecule has 0 fully saturated rings. The summed E-state index contributed by atoms with van der Waals surface area (Å²) in [5.41, 5.74) is 6.87. The first-order chi connectivity index (χ1) is 7.31. The van der Waals surface area contributed by atoms with E-state index >= 15 is 0 Å². The molecule has 0 amide bonds. The molecule has 1 aromatic carbocycles. The molecule has 0 radical (unpaired) electrons. The number of benzene rings is 1. The Hall–Kier alpha value is -1.42. The molecule has 2 rings (SSSR count). The molecule has 3 nitrogen and oxygen atoms in total. The van der Waals surface area contributed by atoms with Crippen LogP contribution >= 0.6 is 11.3 Å². The highest BCUT2D eigenvalue weighted by atomic mass is 32.1. The van der Waals surface area contributed by atoms with Crippen LogP contribution in [0.3, 0.4) is 0 Å². The predicted molar refractivity (Wildman–Crippen MR) is 62.9 cm³/mol. The topological polar surface area (TPSA) is 51.8 Å². The lowest BCUT2D eigenvalue weighted by molar-refractivity contribution is 0.755. The minimum atomic E-state index is 0.320. The Kier molecular flexibility index (Phi) is 2.97. The summed E-state index contributed by atoms with van der Waals surface area (Å²) in [6.45, 7) is 2.15. The maximum atomic E-state index is 5.59. The molecule has 0 aliphatic carbocycles. The van der Waals surface area contributed by atoms with E-state index in [0.29, 0.717) is 11.0 Å². The van der Waals surface area contributed by atoms with Crippen molar-refractivity contribution in [2.75, 3.05) is 5.73 Å². The third kappa shape index (κ3) is 2.15. The van der Waals surface area contributed by atoms with Gasteiger partial charge < -0.3 is 5.73 Å². The molecule has 2 aromatic rings. The van der Waals surface area contributed by atoms with Crippen molar-refractivity contribution in [1.82, 2.24) is 10.2 Å². The first-order valence-corrected chi connectivity index (χ1v) is 5.76. The van der Waals surface area contributed by atoms with Crippen LogP contribution in [0.15, 0.2) is 30.3 Å². The Bertz CT molecular complexity index is 424. The molecule has 15 heavy (non-hydrogen) atoms. The molecule has 78 valence electrons. The quantitative estimate of drug-likeness (QED) is 0.863. The lowest BCUT2D eigenvalue weighted by Crippen LogP contribution is -1.98. The zero-order chi connectivity index (χ0) is 10.7. The van der Waals surface area contributed by atoms with Gasteiger partial charge in [-0.3, -0.25) is 0 Å². The molecule has 0 aliphatic heterocycles. The van der Waals surface area contributed by atoms with Crippen LogP contribution in [0.2, 0.25) is 0 Å². The second-order valence-electron chi connectivity index (χ2n) is 3.35. The summed E-state index contributed by atoms with van der Waals surface area (Å²) >= 11 is 1.47. The highest BCUT2D eigenvalue weighted by Gasteiger charge is 2.15. The first kappa shape index (κ1) is 10.1. The van der Waals surface area contributed by atoms with Gasteiger partial charge in [0, 0.05) is 5.92 Å². The normalized spacial score (nSPS) is 12.6. The Morgan fingerprint density at radius 2 is 2.00 bits per heavy atom. The molecular weight excluding hydrogens is 206 g/mol. The summed E-state index contributed by atoms with van der Waals surface area (Å²) in [7, 11) is 0. The van der Waals surface area contributed by atoms with Gasteiger partial charge in [0.2, 0.25) is 5.13 Å². The van der Waals surface area contributed by atoms with Gasteiger partial charge in [-0.2, -0.15) is 0 Å². The molecule has 0 spiro atoms. The number of hydrogen-bond acceptors (Lipinski definition) is 4. The summed E-state index contributed by atoms with van der Waals surface area (Å²) in [5, 5.41) is 9.51. The molecule has 4 heteroatoms. The van der Waals surface area contributed by atoms with Gasteiger partial charge in [0.05, 0.1) is 0 Å². The van der Waals surface area contributed by atoms with Crippen molar-refractivity contribution < 1.29 is 0 Å². The predicted octanol–water partition coefficient (Wildman–Crippen LogP) is 2.66. The highest BCUT2D eigenvalue weighted by molar-refractivity contribution is 7.15. The first-order valence-electron chi connectivity index (χ1n) is 4.95. The van der Waals surface area contributed by atoms with Gasteiger partial charge in [-0.1, -0.05) is 48.6 Å². The summed E-state index contributed by atoms with van der Waals surface area (Å²) in [4.78, 5) is 0. The van der Waals surface area contributed by atoms with Gasteiger partial charge in [0.15, 0.2) is 0 Å². The smallest absolute Gasteiger partial charge is 0.203 e. The number of aromatic nitrogens is 2.